The predicted octanol–water partition coefficient (Wildman–Crippen LogP) is 1.90. The highest BCUT2D eigenvalue weighted by atomic mass is 16.5. The second-order valence-electron chi connectivity index (χ2n) is 6.73. The summed E-state index contributed by atoms with van der Waals surface area (Å²) in [5.74, 6) is -0.114. The number of aryl methyl sites for hydroxylation is 1. The molecular formula is C20H23N5O2. The fraction of sp³-hybridized carbons (Fsp3) is 0.350. The van der Waals surface area contributed by atoms with Crippen molar-refractivity contribution in [3.63, 3.8) is 0 Å². The van der Waals surface area contributed by atoms with Gasteiger partial charge in [0.05, 0.1) is 29.1 Å². The Balaban J connectivity index is 1.63. The highest BCUT2D eigenvalue weighted by molar-refractivity contribution is 6.06. The van der Waals surface area contributed by atoms with Crippen molar-refractivity contribution < 1.29 is 9.53 Å². The van der Waals surface area contributed by atoms with Crippen LogP contribution in [0, 0.1) is 0 Å². The molecule has 1 aliphatic rings. The van der Waals surface area contributed by atoms with E-state index in [1.54, 1.807) is 7.05 Å². The Bertz CT molecular complexity index is 968. The molecule has 3 aromatic rings. The van der Waals surface area contributed by atoms with Crippen molar-refractivity contribution in [2.45, 2.75) is 12.6 Å². The molecule has 1 saturated heterocycles. The van der Waals surface area contributed by atoms with E-state index in [-0.39, 0.29) is 12.0 Å². The smallest absolute Gasteiger partial charge is 0.251 e. The van der Waals surface area contributed by atoms with Gasteiger partial charge in [0.15, 0.2) is 0 Å². The van der Waals surface area contributed by atoms with Crippen LogP contribution in [0.1, 0.15) is 27.8 Å². The molecule has 4 rings (SSSR count). The Kier molecular flexibility index (Phi) is 4.87. The van der Waals surface area contributed by atoms with Crippen LogP contribution in [0.4, 0.5) is 0 Å². The van der Waals surface area contributed by atoms with E-state index in [1.165, 1.54) is 0 Å². The third-order valence-corrected chi connectivity index (χ3v) is 5.00. The molecule has 0 radical (unpaired) electrons. The van der Waals surface area contributed by atoms with Gasteiger partial charge in [0.1, 0.15) is 6.10 Å². The second kappa shape index (κ2) is 7.46. The highest BCUT2D eigenvalue weighted by Crippen LogP contribution is 2.26. The monoisotopic (exact) mass is 365 g/mol. The Morgan fingerprint density at radius 1 is 1.33 bits per heavy atom. The van der Waals surface area contributed by atoms with Gasteiger partial charge in [0, 0.05) is 45.3 Å². The molecular weight excluding hydrogens is 342 g/mol. The predicted molar refractivity (Wildman–Crippen MR) is 102 cm³/mol. The van der Waals surface area contributed by atoms with Crippen molar-refractivity contribution in [3.8, 4) is 0 Å². The number of rotatable bonds is 4. The lowest BCUT2D eigenvalue weighted by atomic mass is 10.0. The maximum atomic E-state index is 12.4. The first-order valence-corrected chi connectivity index (χ1v) is 9.08. The van der Waals surface area contributed by atoms with Crippen molar-refractivity contribution in [2.75, 3.05) is 26.7 Å². The lowest BCUT2D eigenvalue weighted by molar-refractivity contribution is -0.0355. The molecule has 1 N–H and O–H groups in total. The molecule has 0 saturated carbocycles. The number of amides is 1. The van der Waals surface area contributed by atoms with Crippen molar-refractivity contribution in [2.24, 2.45) is 7.05 Å². The number of carbonyl (C=O) groups excluding carboxylic acids is 1. The summed E-state index contributed by atoms with van der Waals surface area (Å²) in [6.07, 6.45) is 1.65. The molecule has 1 aromatic carbocycles. The van der Waals surface area contributed by atoms with Gasteiger partial charge in [-0.05, 0) is 18.2 Å². The summed E-state index contributed by atoms with van der Waals surface area (Å²) in [5, 5.41) is 7.81. The Hall–Kier alpha value is -2.77. The van der Waals surface area contributed by atoms with Crippen LogP contribution in [0.2, 0.25) is 0 Å². The molecule has 1 aliphatic heterocycles. The Morgan fingerprint density at radius 3 is 2.96 bits per heavy atom. The molecule has 1 amide bonds. The molecule has 3 heterocycles. The van der Waals surface area contributed by atoms with Crippen molar-refractivity contribution in [1.82, 2.24) is 25.0 Å². The number of pyridine rings is 1. The minimum absolute atomic E-state index is 0.114. The SMILES string of the molecule is CNC(=O)c1cc([C@@H]2CN(Cc3ccnn3C)CCO2)nc2ccccc12. The average molecular weight is 365 g/mol. The molecule has 140 valence electrons. The first kappa shape index (κ1) is 17.6. The fourth-order valence-electron chi connectivity index (χ4n) is 3.49. The zero-order chi connectivity index (χ0) is 18.8. The van der Waals surface area contributed by atoms with Gasteiger partial charge in [-0.1, -0.05) is 18.2 Å². The number of nitrogens with one attached hydrogen (secondary N) is 1. The number of benzene rings is 1. The van der Waals surface area contributed by atoms with Crippen molar-refractivity contribution >= 4 is 16.8 Å². The van der Waals surface area contributed by atoms with Crippen LogP contribution in [0.15, 0.2) is 42.6 Å². The van der Waals surface area contributed by atoms with Gasteiger partial charge in [-0.3, -0.25) is 14.4 Å². The molecule has 0 aliphatic carbocycles. The third kappa shape index (κ3) is 3.56. The molecule has 27 heavy (non-hydrogen) atoms. The molecule has 2 aromatic heterocycles. The minimum Gasteiger partial charge on any atom is -0.369 e. The molecule has 1 fully saturated rings. The van der Waals surface area contributed by atoms with Crippen LogP contribution in [-0.4, -0.2) is 52.3 Å². The fourth-order valence-corrected chi connectivity index (χ4v) is 3.49. The lowest BCUT2D eigenvalue weighted by Crippen LogP contribution is -2.38. The maximum absolute atomic E-state index is 12.4. The third-order valence-electron chi connectivity index (χ3n) is 5.00. The van der Waals surface area contributed by atoms with Crippen LogP contribution in [-0.2, 0) is 18.3 Å². The number of hydrogen-bond donors (Lipinski definition) is 1. The van der Waals surface area contributed by atoms with E-state index in [9.17, 15) is 4.79 Å². The van der Waals surface area contributed by atoms with Crippen LogP contribution >= 0.6 is 0 Å². The number of ether oxygens (including phenoxy) is 1. The van der Waals surface area contributed by atoms with Gasteiger partial charge < -0.3 is 10.1 Å². The van der Waals surface area contributed by atoms with Gasteiger partial charge in [-0.25, -0.2) is 4.98 Å². The number of hydrogen-bond acceptors (Lipinski definition) is 5. The molecule has 7 nitrogen and oxygen atoms in total. The minimum atomic E-state index is -0.167. The number of aromatic nitrogens is 3. The number of morpholine rings is 1. The van der Waals surface area contributed by atoms with E-state index >= 15 is 0 Å². The van der Waals surface area contributed by atoms with E-state index < -0.39 is 0 Å². The summed E-state index contributed by atoms with van der Waals surface area (Å²) in [7, 11) is 3.59. The van der Waals surface area contributed by atoms with Gasteiger partial charge >= 0.3 is 0 Å². The van der Waals surface area contributed by atoms with Crippen LogP contribution < -0.4 is 5.32 Å². The standard InChI is InChI=1S/C20H23N5O2/c1-21-20(26)16-11-18(23-17-6-4-3-5-15(16)17)19-13-25(9-10-27-19)12-14-7-8-22-24(14)2/h3-8,11,19H,9-10,12-13H2,1-2H3,(H,21,26)/t19-/m0/s1. The van der Waals surface area contributed by atoms with E-state index in [1.807, 2.05) is 54.3 Å². The highest BCUT2D eigenvalue weighted by Gasteiger charge is 2.25. The van der Waals surface area contributed by atoms with E-state index in [0.717, 1.165) is 41.9 Å². The first-order chi connectivity index (χ1) is 13.2. The molecule has 0 bridgehead atoms. The summed E-state index contributed by atoms with van der Waals surface area (Å²) in [5.41, 5.74) is 3.39. The zero-order valence-corrected chi connectivity index (χ0v) is 15.6. The average Bonchev–Trinajstić information content (AvgIpc) is 3.11. The van der Waals surface area contributed by atoms with Crippen LogP contribution in [0.25, 0.3) is 10.9 Å². The van der Waals surface area contributed by atoms with Crippen LogP contribution in [0.5, 0.6) is 0 Å². The normalized spacial score (nSPS) is 17.9. The number of carbonyl (C=O) groups is 1. The van der Waals surface area contributed by atoms with Crippen molar-refractivity contribution in [1.29, 1.82) is 0 Å². The quantitative estimate of drug-likeness (QED) is 0.765. The summed E-state index contributed by atoms with van der Waals surface area (Å²) in [6.45, 7) is 3.03. The van der Waals surface area contributed by atoms with Gasteiger partial charge in [0.25, 0.3) is 5.91 Å². The molecule has 1 atom stereocenters. The Labute approximate surface area is 157 Å². The zero-order valence-electron chi connectivity index (χ0n) is 15.6. The second-order valence-corrected chi connectivity index (χ2v) is 6.73. The molecule has 0 unspecified atom stereocenters. The molecule has 7 heteroatoms. The summed E-state index contributed by atoms with van der Waals surface area (Å²) in [6, 6.07) is 11.6. The van der Waals surface area contributed by atoms with Gasteiger partial charge in [0.2, 0.25) is 0 Å². The summed E-state index contributed by atoms with van der Waals surface area (Å²) in [4.78, 5) is 19.5. The van der Waals surface area contributed by atoms with Crippen LogP contribution in [0.3, 0.4) is 0 Å². The van der Waals surface area contributed by atoms with Gasteiger partial charge in [-0.15, -0.1) is 0 Å². The summed E-state index contributed by atoms with van der Waals surface area (Å²) < 4.78 is 7.89. The van der Waals surface area contributed by atoms with E-state index in [2.05, 4.69) is 15.3 Å². The van der Waals surface area contributed by atoms with Crippen molar-refractivity contribution in [3.05, 3.63) is 59.5 Å². The number of para-hydroxylation sites is 1. The first-order valence-electron chi connectivity index (χ1n) is 9.08. The largest absolute Gasteiger partial charge is 0.369 e. The molecule has 0 spiro atoms. The lowest BCUT2D eigenvalue weighted by Gasteiger charge is -2.32. The van der Waals surface area contributed by atoms with E-state index in [0.29, 0.717) is 12.2 Å². The number of nitrogens with zero attached hydrogens (tertiary/aromatic N) is 4. The number of fused-ring (bicyclic) bond motifs is 1. The van der Waals surface area contributed by atoms with E-state index in [4.69, 9.17) is 9.72 Å². The topological polar surface area (TPSA) is 72.3 Å². The summed E-state index contributed by atoms with van der Waals surface area (Å²) >= 11 is 0. The Morgan fingerprint density at radius 2 is 2.19 bits per heavy atom. The maximum Gasteiger partial charge on any atom is 0.251 e. The van der Waals surface area contributed by atoms with Gasteiger partial charge in [-0.2, -0.15) is 5.10 Å².